The summed E-state index contributed by atoms with van der Waals surface area (Å²) in [6, 6.07) is 8.59. The number of carbonyl (C=O) groups is 1. The van der Waals surface area contributed by atoms with E-state index in [0.29, 0.717) is 11.1 Å². The van der Waals surface area contributed by atoms with Gasteiger partial charge in [-0.25, -0.2) is 4.79 Å². The zero-order chi connectivity index (χ0) is 13.5. The van der Waals surface area contributed by atoms with Crippen molar-refractivity contribution in [3.8, 4) is 6.07 Å². The van der Waals surface area contributed by atoms with Crippen LogP contribution < -0.4 is 0 Å². The Balaban J connectivity index is 2.93. The number of hydrogen-bond donors (Lipinski definition) is 2. The lowest BCUT2D eigenvalue weighted by Crippen LogP contribution is -2.30. The topological polar surface area (TPSA) is 90.6 Å². The third-order valence-electron chi connectivity index (χ3n) is 2.47. The average molecular weight is 249 g/mol. The molecule has 0 saturated carbocycles. The summed E-state index contributed by atoms with van der Waals surface area (Å²) < 4.78 is 4.63. The average Bonchev–Trinajstić information content (AvgIpc) is 2.38. The van der Waals surface area contributed by atoms with Crippen molar-refractivity contribution < 1.29 is 19.7 Å². The summed E-state index contributed by atoms with van der Waals surface area (Å²) in [5.41, 5.74) is 0.940. The molecule has 5 nitrogen and oxygen atoms in total. The number of ether oxygens (including phenoxy) is 1. The molecule has 0 heterocycles. The molecule has 1 rings (SSSR count). The minimum Gasteiger partial charge on any atom is -0.464 e. The molecule has 0 aromatic heterocycles. The Morgan fingerprint density at radius 1 is 1.44 bits per heavy atom. The van der Waals surface area contributed by atoms with Crippen molar-refractivity contribution in [2.45, 2.75) is 25.6 Å². The molecule has 1 aromatic rings. The van der Waals surface area contributed by atoms with Gasteiger partial charge in [0.1, 0.15) is 6.10 Å². The molecule has 0 radical (unpaired) electrons. The summed E-state index contributed by atoms with van der Waals surface area (Å²) in [7, 11) is 0. The fraction of sp³-hybridized carbons (Fsp3) is 0.385. The first-order valence-electron chi connectivity index (χ1n) is 5.59. The van der Waals surface area contributed by atoms with E-state index in [1.807, 2.05) is 6.07 Å². The van der Waals surface area contributed by atoms with Crippen molar-refractivity contribution in [2.24, 2.45) is 0 Å². The zero-order valence-corrected chi connectivity index (χ0v) is 10.0. The normalized spacial score (nSPS) is 13.4. The Morgan fingerprint density at radius 2 is 2.11 bits per heavy atom. The molecule has 0 amide bonds. The molecule has 0 bridgehead atoms. The van der Waals surface area contributed by atoms with Crippen LogP contribution in [0.25, 0.3) is 0 Å². The number of esters is 1. The first kappa shape index (κ1) is 14.2. The van der Waals surface area contributed by atoms with Crippen LogP contribution in [0, 0.1) is 11.3 Å². The van der Waals surface area contributed by atoms with Crippen molar-refractivity contribution in [1.29, 1.82) is 5.26 Å². The molecule has 0 aliphatic rings. The van der Waals surface area contributed by atoms with Gasteiger partial charge in [-0.05, 0) is 18.1 Å². The lowest BCUT2D eigenvalue weighted by Gasteiger charge is -2.18. The number of nitriles is 1. The van der Waals surface area contributed by atoms with Gasteiger partial charge in [-0.2, -0.15) is 5.26 Å². The SMILES string of the molecule is CCOC(=O)C(O)C(O)c1ccccc1CC#N. The Labute approximate surface area is 105 Å². The van der Waals surface area contributed by atoms with Crippen molar-refractivity contribution in [3.63, 3.8) is 0 Å². The van der Waals surface area contributed by atoms with E-state index in [0.717, 1.165) is 0 Å². The van der Waals surface area contributed by atoms with Crippen LogP contribution in [0.15, 0.2) is 24.3 Å². The van der Waals surface area contributed by atoms with Gasteiger partial charge < -0.3 is 14.9 Å². The number of benzene rings is 1. The first-order valence-corrected chi connectivity index (χ1v) is 5.59. The Kier molecular flexibility index (Phi) is 5.31. The number of nitrogens with zero attached hydrogens (tertiary/aromatic N) is 1. The fourth-order valence-corrected chi connectivity index (χ4v) is 1.60. The highest BCUT2D eigenvalue weighted by Crippen LogP contribution is 2.22. The van der Waals surface area contributed by atoms with Crippen LogP contribution in [-0.4, -0.2) is 28.9 Å². The number of rotatable bonds is 5. The van der Waals surface area contributed by atoms with Crippen molar-refractivity contribution in [1.82, 2.24) is 0 Å². The van der Waals surface area contributed by atoms with Gasteiger partial charge >= 0.3 is 5.97 Å². The monoisotopic (exact) mass is 249 g/mol. The third kappa shape index (κ3) is 3.29. The lowest BCUT2D eigenvalue weighted by atomic mass is 9.97. The molecule has 2 N–H and O–H groups in total. The summed E-state index contributed by atoms with van der Waals surface area (Å²) in [4.78, 5) is 11.3. The van der Waals surface area contributed by atoms with Crippen LogP contribution >= 0.6 is 0 Å². The van der Waals surface area contributed by atoms with E-state index in [2.05, 4.69) is 4.74 Å². The van der Waals surface area contributed by atoms with Crippen LogP contribution in [0.5, 0.6) is 0 Å². The number of carbonyl (C=O) groups excluding carboxylic acids is 1. The van der Waals surface area contributed by atoms with Gasteiger partial charge in [0, 0.05) is 0 Å². The summed E-state index contributed by atoms with van der Waals surface area (Å²) in [6.45, 7) is 1.74. The highest BCUT2D eigenvalue weighted by Gasteiger charge is 2.28. The molecule has 96 valence electrons. The Hall–Kier alpha value is -1.90. The second kappa shape index (κ2) is 6.74. The van der Waals surface area contributed by atoms with Gasteiger partial charge in [0.15, 0.2) is 6.10 Å². The highest BCUT2D eigenvalue weighted by atomic mass is 16.5. The van der Waals surface area contributed by atoms with E-state index >= 15 is 0 Å². The van der Waals surface area contributed by atoms with E-state index in [-0.39, 0.29) is 13.0 Å². The molecule has 5 heteroatoms. The van der Waals surface area contributed by atoms with Gasteiger partial charge in [-0.1, -0.05) is 24.3 Å². The molecule has 2 unspecified atom stereocenters. The Bertz CT molecular complexity index is 453. The smallest absolute Gasteiger partial charge is 0.338 e. The molecule has 0 fully saturated rings. The van der Waals surface area contributed by atoms with Crippen LogP contribution in [-0.2, 0) is 16.0 Å². The van der Waals surface area contributed by atoms with Crippen molar-refractivity contribution in [3.05, 3.63) is 35.4 Å². The van der Waals surface area contributed by atoms with E-state index in [1.165, 1.54) is 0 Å². The number of aliphatic hydroxyl groups excluding tert-OH is 2. The first-order chi connectivity index (χ1) is 8.61. The largest absolute Gasteiger partial charge is 0.464 e. The molecule has 0 aliphatic carbocycles. The summed E-state index contributed by atoms with van der Waals surface area (Å²) in [5.74, 6) is -0.878. The zero-order valence-electron chi connectivity index (χ0n) is 10.0. The van der Waals surface area contributed by atoms with E-state index in [4.69, 9.17) is 5.26 Å². The summed E-state index contributed by atoms with van der Waals surface area (Å²) in [6.07, 6.45) is -2.94. The molecule has 1 aromatic carbocycles. The molecular formula is C13H15NO4. The fourth-order valence-electron chi connectivity index (χ4n) is 1.60. The van der Waals surface area contributed by atoms with Crippen molar-refractivity contribution in [2.75, 3.05) is 6.61 Å². The van der Waals surface area contributed by atoms with Gasteiger partial charge in [0.2, 0.25) is 0 Å². The molecule has 0 aliphatic heterocycles. The predicted molar refractivity (Wildman–Crippen MR) is 63.4 cm³/mol. The lowest BCUT2D eigenvalue weighted by molar-refractivity contribution is -0.159. The second-order valence-corrected chi connectivity index (χ2v) is 3.68. The molecular weight excluding hydrogens is 234 g/mol. The van der Waals surface area contributed by atoms with Gasteiger partial charge in [0.25, 0.3) is 0 Å². The van der Waals surface area contributed by atoms with Gasteiger partial charge in [-0.15, -0.1) is 0 Å². The molecule has 0 spiro atoms. The van der Waals surface area contributed by atoms with Crippen molar-refractivity contribution >= 4 is 5.97 Å². The predicted octanol–water partition coefficient (Wildman–Crippen LogP) is 0.710. The maximum atomic E-state index is 11.3. The summed E-state index contributed by atoms with van der Waals surface area (Å²) >= 11 is 0. The minimum absolute atomic E-state index is 0.1000. The van der Waals surface area contributed by atoms with E-state index < -0.39 is 18.2 Å². The summed E-state index contributed by atoms with van der Waals surface area (Å²) in [5, 5.41) is 28.3. The number of hydrogen-bond acceptors (Lipinski definition) is 5. The standard InChI is InChI=1S/C13H15NO4/c1-2-18-13(17)12(16)11(15)10-6-4-3-5-9(10)7-8-14/h3-6,11-12,15-16H,2,7H2,1H3. The molecule has 0 saturated heterocycles. The van der Waals surface area contributed by atoms with Gasteiger partial charge in [-0.3, -0.25) is 0 Å². The van der Waals surface area contributed by atoms with Crippen LogP contribution in [0.2, 0.25) is 0 Å². The molecule has 2 atom stereocenters. The van der Waals surface area contributed by atoms with E-state index in [1.54, 1.807) is 31.2 Å². The quantitative estimate of drug-likeness (QED) is 0.750. The van der Waals surface area contributed by atoms with Crippen LogP contribution in [0.1, 0.15) is 24.2 Å². The highest BCUT2D eigenvalue weighted by molar-refractivity contribution is 5.75. The molecule has 18 heavy (non-hydrogen) atoms. The van der Waals surface area contributed by atoms with Gasteiger partial charge in [0.05, 0.1) is 19.1 Å². The maximum Gasteiger partial charge on any atom is 0.338 e. The number of aliphatic hydroxyl groups is 2. The Morgan fingerprint density at radius 3 is 2.72 bits per heavy atom. The second-order valence-electron chi connectivity index (χ2n) is 3.68. The van der Waals surface area contributed by atoms with E-state index in [9.17, 15) is 15.0 Å². The minimum atomic E-state index is -1.65. The maximum absolute atomic E-state index is 11.3. The van der Waals surface area contributed by atoms with Crippen LogP contribution in [0.4, 0.5) is 0 Å². The third-order valence-corrected chi connectivity index (χ3v) is 2.47. The van der Waals surface area contributed by atoms with Crippen LogP contribution in [0.3, 0.4) is 0 Å².